The first-order valence-corrected chi connectivity index (χ1v) is 8.64. The van der Waals surface area contributed by atoms with Crippen molar-refractivity contribution in [2.24, 2.45) is 0 Å². The van der Waals surface area contributed by atoms with Crippen molar-refractivity contribution in [1.82, 2.24) is 0 Å². The van der Waals surface area contributed by atoms with Gasteiger partial charge in [0.2, 0.25) is 0 Å². The maximum atomic E-state index is 12.7. The van der Waals surface area contributed by atoms with Crippen molar-refractivity contribution < 1.29 is 9.59 Å². The minimum Gasteiger partial charge on any atom is -0.350 e. The Kier molecular flexibility index (Phi) is 5.19. The van der Waals surface area contributed by atoms with E-state index >= 15 is 0 Å². The lowest BCUT2D eigenvalue weighted by Gasteiger charge is -2.17. The van der Waals surface area contributed by atoms with Crippen molar-refractivity contribution in [2.45, 2.75) is 0 Å². The van der Waals surface area contributed by atoms with Gasteiger partial charge in [-0.2, -0.15) is 0 Å². The zero-order valence-corrected chi connectivity index (χ0v) is 15.9. The molecule has 0 saturated carbocycles. The standard InChI is InChI=1S/C16H7Cl5N2O2/c17-7-1-3-10(19)12(5-7)23-15(24)13(21)14(16(23)25)22-8-2-4-9(18)11(20)6-8/h1-6,22H. The van der Waals surface area contributed by atoms with E-state index in [1.165, 1.54) is 18.2 Å². The Balaban J connectivity index is 1.96. The minimum atomic E-state index is -0.710. The molecule has 0 fully saturated rings. The fraction of sp³-hybridized carbons (Fsp3) is 0. The highest BCUT2D eigenvalue weighted by molar-refractivity contribution is 6.54. The zero-order chi connectivity index (χ0) is 18.3. The number of amides is 2. The Labute approximate surface area is 167 Å². The molecular formula is C16H7Cl5N2O2. The number of nitrogens with zero attached hydrogens (tertiary/aromatic N) is 1. The number of hydrogen-bond donors (Lipinski definition) is 1. The highest BCUT2D eigenvalue weighted by Gasteiger charge is 2.40. The van der Waals surface area contributed by atoms with Crippen LogP contribution in [0.4, 0.5) is 11.4 Å². The van der Waals surface area contributed by atoms with E-state index in [9.17, 15) is 9.59 Å². The molecule has 0 radical (unpaired) electrons. The summed E-state index contributed by atoms with van der Waals surface area (Å²) in [5.41, 5.74) is 0.497. The SMILES string of the molecule is O=C1C(Cl)=C(Nc2ccc(Cl)c(Cl)c2)C(=O)N1c1cc(Cl)ccc1Cl. The lowest BCUT2D eigenvalue weighted by atomic mass is 10.3. The number of anilines is 2. The van der Waals surface area contributed by atoms with Gasteiger partial charge in [0.05, 0.1) is 20.8 Å². The van der Waals surface area contributed by atoms with Gasteiger partial charge in [-0.3, -0.25) is 9.59 Å². The molecule has 1 aliphatic heterocycles. The molecule has 1 heterocycles. The molecule has 0 spiro atoms. The predicted molar refractivity (Wildman–Crippen MR) is 102 cm³/mol. The van der Waals surface area contributed by atoms with Crippen LogP contribution in [0.1, 0.15) is 0 Å². The second kappa shape index (κ2) is 7.06. The van der Waals surface area contributed by atoms with Crippen LogP contribution in [-0.4, -0.2) is 11.8 Å². The van der Waals surface area contributed by atoms with E-state index in [0.717, 1.165) is 4.90 Å². The van der Waals surface area contributed by atoms with Crippen LogP contribution in [0.2, 0.25) is 20.1 Å². The number of imide groups is 1. The van der Waals surface area contributed by atoms with Crippen LogP contribution in [0.25, 0.3) is 0 Å². The lowest BCUT2D eigenvalue weighted by Crippen LogP contribution is -2.32. The molecule has 25 heavy (non-hydrogen) atoms. The highest BCUT2D eigenvalue weighted by Crippen LogP contribution is 2.36. The molecule has 0 unspecified atom stereocenters. The number of benzene rings is 2. The molecule has 1 aliphatic rings. The van der Waals surface area contributed by atoms with Crippen LogP contribution >= 0.6 is 58.0 Å². The van der Waals surface area contributed by atoms with Gasteiger partial charge in [0.1, 0.15) is 10.7 Å². The summed E-state index contributed by atoms with van der Waals surface area (Å²) in [5.74, 6) is -1.37. The minimum absolute atomic E-state index is 0.0962. The van der Waals surface area contributed by atoms with E-state index in [4.69, 9.17) is 58.0 Å². The highest BCUT2D eigenvalue weighted by atomic mass is 35.5. The van der Waals surface area contributed by atoms with E-state index in [1.54, 1.807) is 18.2 Å². The van der Waals surface area contributed by atoms with Gasteiger partial charge in [-0.15, -0.1) is 0 Å². The molecule has 4 nitrogen and oxygen atoms in total. The maximum absolute atomic E-state index is 12.7. The number of carbonyl (C=O) groups excluding carboxylic acids is 2. The van der Waals surface area contributed by atoms with Gasteiger partial charge in [-0.25, -0.2) is 4.90 Å². The number of nitrogens with one attached hydrogen (secondary N) is 1. The third-order valence-corrected chi connectivity index (χ3v) is 5.01. The van der Waals surface area contributed by atoms with Crippen molar-refractivity contribution in [2.75, 3.05) is 10.2 Å². The summed E-state index contributed by atoms with van der Waals surface area (Å²) in [5, 5.41) is 3.67. The van der Waals surface area contributed by atoms with Gasteiger partial charge < -0.3 is 5.32 Å². The Morgan fingerprint density at radius 1 is 0.760 bits per heavy atom. The van der Waals surface area contributed by atoms with Crippen molar-refractivity contribution in [3.05, 3.63) is 67.2 Å². The monoisotopic (exact) mass is 434 g/mol. The number of rotatable bonds is 3. The average Bonchev–Trinajstić information content (AvgIpc) is 2.77. The summed E-state index contributed by atoms with van der Waals surface area (Å²) in [6.45, 7) is 0. The number of hydrogen-bond acceptors (Lipinski definition) is 3. The van der Waals surface area contributed by atoms with Crippen LogP contribution in [0.3, 0.4) is 0 Å². The molecular weight excluding hydrogens is 429 g/mol. The zero-order valence-electron chi connectivity index (χ0n) is 12.1. The van der Waals surface area contributed by atoms with E-state index in [2.05, 4.69) is 5.32 Å². The summed E-state index contributed by atoms with van der Waals surface area (Å²) in [6, 6.07) is 9.09. The first-order chi connectivity index (χ1) is 11.8. The van der Waals surface area contributed by atoms with Crippen molar-refractivity contribution in [1.29, 1.82) is 0 Å². The molecule has 128 valence electrons. The van der Waals surface area contributed by atoms with Gasteiger partial charge in [-0.1, -0.05) is 58.0 Å². The van der Waals surface area contributed by atoms with Gasteiger partial charge in [-0.05, 0) is 36.4 Å². The van der Waals surface area contributed by atoms with Crippen molar-refractivity contribution >= 4 is 81.2 Å². The van der Waals surface area contributed by atoms with Crippen LogP contribution in [-0.2, 0) is 9.59 Å². The molecule has 9 heteroatoms. The molecule has 2 aromatic rings. The van der Waals surface area contributed by atoms with Gasteiger partial charge in [0.25, 0.3) is 11.8 Å². The average molecular weight is 437 g/mol. The number of carbonyl (C=O) groups is 2. The van der Waals surface area contributed by atoms with Crippen molar-refractivity contribution in [3.63, 3.8) is 0 Å². The number of halogens is 5. The maximum Gasteiger partial charge on any atom is 0.283 e. The molecule has 1 N–H and O–H groups in total. The quantitative estimate of drug-likeness (QED) is 0.625. The molecule has 3 rings (SSSR count). The molecule has 0 aliphatic carbocycles. The van der Waals surface area contributed by atoms with E-state index < -0.39 is 11.8 Å². The summed E-state index contributed by atoms with van der Waals surface area (Å²) in [6.07, 6.45) is 0. The second-order valence-electron chi connectivity index (χ2n) is 4.98. The molecule has 2 amide bonds. The normalized spacial score (nSPS) is 14.5. The van der Waals surface area contributed by atoms with Crippen LogP contribution in [0.5, 0.6) is 0 Å². The summed E-state index contributed by atoms with van der Waals surface area (Å²) in [7, 11) is 0. The third-order valence-electron chi connectivity index (χ3n) is 3.37. The van der Waals surface area contributed by atoms with Crippen molar-refractivity contribution in [3.8, 4) is 0 Å². The smallest absolute Gasteiger partial charge is 0.283 e. The third kappa shape index (κ3) is 3.46. The summed E-state index contributed by atoms with van der Waals surface area (Å²) >= 11 is 29.9. The molecule has 0 saturated heterocycles. The fourth-order valence-corrected chi connectivity index (χ4v) is 3.08. The Morgan fingerprint density at radius 3 is 2.12 bits per heavy atom. The Hall–Kier alpha value is -1.43. The molecule has 0 atom stereocenters. The largest absolute Gasteiger partial charge is 0.350 e. The Bertz CT molecular complexity index is 942. The molecule has 0 bridgehead atoms. The second-order valence-corrected chi connectivity index (χ2v) is 7.02. The van der Waals surface area contributed by atoms with E-state index in [0.29, 0.717) is 15.7 Å². The topological polar surface area (TPSA) is 49.4 Å². The van der Waals surface area contributed by atoms with E-state index in [-0.39, 0.29) is 26.5 Å². The first kappa shape index (κ1) is 18.4. The Morgan fingerprint density at radius 2 is 1.44 bits per heavy atom. The van der Waals surface area contributed by atoms with Crippen LogP contribution < -0.4 is 10.2 Å². The van der Waals surface area contributed by atoms with Crippen LogP contribution in [0.15, 0.2) is 47.1 Å². The van der Waals surface area contributed by atoms with Crippen LogP contribution in [0, 0.1) is 0 Å². The first-order valence-electron chi connectivity index (χ1n) is 6.75. The molecule has 2 aromatic carbocycles. The van der Waals surface area contributed by atoms with Gasteiger partial charge in [0.15, 0.2) is 0 Å². The lowest BCUT2D eigenvalue weighted by molar-refractivity contribution is -0.120. The van der Waals surface area contributed by atoms with Gasteiger partial charge >= 0.3 is 0 Å². The summed E-state index contributed by atoms with van der Waals surface area (Å²) in [4.78, 5) is 26.0. The predicted octanol–water partition coefficient (Wildman–Crippen LogP) is 5.74. The van der Waals surface area contributed by atoms with Gasteiger partial charge in [0, 0.05) is 10.7 Å². The fourth-order valence-electron chi connectivity index (χ4n) is 2.21. The van der Waals surface area contributed by atoms with E-state index in [1.807, 2.05) is 0 Å². The summed E-state index contributed by atoms with van der Waals surface area (Å²) < 4.78 is 0. The molecule has 0 aromatic heterocycles.